The highest BCUT2D eigenvalue weighted by Gasteiger charge is 2.36. The van der Waals surface area contributed by atoms with Gasteiger partial charge in [-0.3, -0.25) is 4.79 Å². The summed E-state index contributed by atoms with van der Waals surface area (Å²) in [5, 5.41) is 0. The van der Waals surface area contributed by atoms with Crippen molar-refractivity contribution in [1.82, 2.24) is 4.90 Å². The number of amides is 2. The molecule has 176 valence electrons. The molecule has 0 aromatic heterocycles. The van der Waals surface area contributed by atoms with Crippen molar-refractivity contribution in [3.05, 3.63) is 108 Å². The van der Waals surface area contributed by atoms with Gasteiger partial charge in [0.25, 0.3) is 5.91 Å². The largest absolute Gasteiger partial charge is 0.422 e. The number of cyclic esters (lactones) is 1. The van der Waals surface area contributed by atoms with Crippen molar-refractivity contribution < 1.29 is 14.3 Å². The van der Waals surface area contributed by atoms with Crippen LogP contribution in [0.1, 0.15) is 37.7 Å². The molecule has 5 nitrogen and oxygen atoms in total. The molecule has 0 unspecified atom stereocenters. The Kier molecular flexibility index (Phi) is 6.75. The smallest absolute Gasteiger partial charge is 0.404 e. The number of nitrogens with zero attached hydrogens (tertiary/aromatic N) is 2. The first kappa shape index (κ1) is 22.7. The number of ether oxygens (including phenoxy) is 1. The van der Waals surface area contributed by atoms with Gasteiger partial charge in [0, 0.05) is 23.6 Å². The van der Waals surface area contributed by atoms with Crippen LogP contribution >= 0.6 is 0 Å². The average molecular weight is 465 g/mol. The third-order valence-electron chi connectivity index (χ3n) is 6.39. The van der Waals surface area contributed by atoms with Crippen LogP contribution in [0, 0.1) is 0 Å². The molecule has 35 heavy (non-hydrogen) atoms. The molecular formula is C30H28N2O3. The maximum absolute atomic E-state index is 12.8. The second-order valence-electron chi connectivity index (χ2n) is 8.79. The van der Waals surface area contributed by atoms with Crippen LogP contribution in [-0.2, 0) is 9.53 Å². The van der Waals surface area contributed by atoms with Crippen LogP contribution in [0.4, 0.5) is 21.9 Å². The van der Waals surface area contributed by atoms with Gasteiger partial charge in [-0.25, -0.2) is 9.69 Å². The third-order valence-corrected chi connectivity index (χ3v) is 6.39. The zero-order valence-electron chi connectivity index (χ0n) is 19.6. The monoisotopic (exact) mass is 464 g/mol. The molecule has 2 aliphatic rings. The Morgan fingerprint density at radius 2 is 1.43 bits per heavy atom. The SMILES string of the molecule is O=C1O/C(=C/c2ccc(N(c3ccccc3)c3ccccc3)cc2)C(=O)N1CCC1=CCCCC1. The van der Waals surface area contributed by atoms with Crippen molar-refractivity contribution in [1.29, 1.82) is 0 Å². The van der Waals surface area contributed by atoms with E-state index in [-0.39, 0.29) is 11.7 Å². The van der Waals surface area contributed by atoms with Crippen molar-refractivity contribution in [2.45, 2.75) is 32.1 Å². The second kappa shape index (κ2) is 10.4. The van der Waals surface area contributed by atoms with Crippen LogP contribution in [0.2, 0.25) is 0 Å². The standard InChI is InChI=1S/C30H28N2O3/c33-29-28(35-30(34)31(29)21-20-23-10-4-1-5-11-23)22-24-16-18-27(19-17-24)32(25-12-6-2-7-13-25)26-14-8-3-9-15-26/h2-3,6-10,12-19,22H,1,4-5,11,20-21H2/b28-22+. The van der Waals surface area contributed by atoms with Gasteiger partial charge in [0.2, 0.25) is 0 Å². The number of imide groups is 1. The maximum Gasteiger partial charge on any atom is 0.422 e. The molecule has 0 bridgehead atoms. The minimum absolute atomic E-state index is 0.0725. The van der Waals surface area contributed by atoms with Crippen LogP contribution < -0.4 is 4.90 Å². The summed E-state index contributed by atoms with van der Waals surface area (Å²) in [7, 11) is 0. The first-order valence-corrected chi connectivity index (χ1v) is 12.1. The van der Waals surface area contributed by atoms with Gasteiger partial charge in [0.15, 0.2) is 5.76 Å². The van der Waals surface area contributed by atoms with Gasteiger partial charge in [-0.05, 0) is 80.1 Å². The van der Waals surface area contributed by atoms with Crippen LogP contribution in [0.25, 0.3) is 6.08 Å². The number of rotatable bonds is 7. The highest BCUT2D eigenvalue weighted by molar-refractivity contribution is 6.09. The fraction of sp³-hybridized carbons (Fsp3) is 0.200. The Hall–Kier alpha value is -4.12. The Bertz CT molecular complexity index is 1210. The predicted octanol–water partition coefficient (Wildman–Crippen LogP) is 7.37. The van der Waals surface area contributed by atoms with Crippen LogP contribution in [0.15, 0.2) is 102 Å². The van der Waals surface area contributed by atoms with Crippen LogP contribution in [0.3, 0.4) is 0 Å². The summed E-state index contributed by atoms with van der Waals surface area (Å²) in [6.07, 6.45) is 8.54. The molecular weight excluding hydrogens is 436 g/mol. The first-order chi connectivity index (χ1) is 17.2. The van der Waals surface area contributed by atoms with E-state index >= 15 is 0 Å². The Morgan fingerprint density at radius 1 is 0.800 bits per heavy atom. The summed E-state index contributed by atoms with van der Waals surface area (Å²) in [5.41, 5.74) is 5.21. The normalized spacial score (nSPS) is 16.9. The number of carbonyl (C=O) groups is 2. The number of anilines is 3. The first-order valence-electron chi connectivity index (χ1n) is 12.1. The number of hydrogen-bond acceptors (Lipinski definition) is 4. The van der Waals surface area contributed by atoms with E-state index in [0.717, 1.165) is 41.9 Å². The second-order valence-corrected chi connectivity index (χ2v) is 8.79. The van der Waals surface area contributed by atoms with E-state index in [1.807, 2.05) is 60.7 Å². The molecule has 1 saturated heterocycles. The van der Waals surface area contributed by atoms with Crippen molar-refractivity contribution in [3.63, 3.8) is 0 Å². The van der Waals surface area contributed by atoms with Gasteiger partial charge in [0.1, 0.15) is 0 Å². The summed E-state index contributed by atoms with van der Waals surface area (Å²) in [5.74, 6) is -0.297. The topological polar surface area (TPSA) is 49.9 Å². The minimum Gasteiger partial charge on any atom is -0.404 e. The molecule has 2 amide bonds. The zero-order chi connectivity index (χ0) is 24.0. The van der Waals surface area contributed by atoms with Crippen molar-refractivity contribution in [3.8, 4) is 0 Å². The van der Waals surface area contributed by atoms with Crippen molar-refractivity contribution in [2.24, 2.45) is 0 Å². The molecule has 3 aromatic carbocycles. The van der Waals surface area contributed by atoms with E-state index in [2.05, 4.69) is 35.2 Å². The quantitative estimate of drug-likeness (QED) is 0.271. The van der Waals surface area contributed by atoms with Gasteiger partial charge < -0.3 is 9.64 Å². The van der Waals surface area contributed by atoms with Gasteiger partial charge in [-0.2, -0.15) is 0 Å². The summed E-state index contributed by atoms with van der Waals surface area (Å²) < 4.78 is 5.32. The van der Waals surface area contributed by atoms with E-state index in [9.17, 15) is 9.59 Å². The van der Waals surface area contributed by atoms with Gasteiger partial charge in [0.05, 0.1) is 0 Å². The fourth-order valence-electron chi connectivity index (χ4n) is 4.55. The maximum atomic E-state index is 12.8. The lowest BCUT2D eigenvalue weighted by molar-refractivity contribution is -0.123. The fourth-order valence-corrected chi connectivity index (χ4v) is 4.55. The number of allylic oxidation sites excluding steroid dienone is 1. The number of benzene rings is 3. The van der Waals surface area contributed by atoms with E-state index in [1.54, 1.807) is 6.08 Å². The molecule has 0 radical (unpaired) electrons. The highest BCUT2D eigenvalue weighted by Crippen LogP contribution is 2.34. The Balaban J connectivity index is 1.33. The lowest BCUT2D eigenvalue weighted by Crippen LogP contribution is -2.30. The van der Waals surface area contributed by atoms with E-state index in [4.69, 9.17) is 4.74 Å². The predicted molar refractivity (Wildman–Crippen MR) is 138 cm³/mol. The summed E-state index contributed by atoms with van der Waals surface area (Å²) in [6.45, 7) is 0.364. The van der Waals surface area contributed by atoms with E-state index < -0.39 is 6.09 Å². The van der Waals surface area contributed by atoms with Crippen LogP contribution in [0.5, 0.6) is 0 Å². The number of carbonyl (C=O) groups excluding carboxylic acids is 2. The van der Waals surface area contributed by atoms with Crippen molar-refractivity contribution in [2.75, 3.05) is 11.4 Å². The molecule has 1 fully saturated rings. The Labute approximate surface area is 205 Å². The summed E-state index contributed by atoms with van der Waals surface area (Å²) in [6, 6.07) is 28.2. The highest BCUT2D eigenvalue weighted by atomic mass is 16.6. The van der Waals surface area contributed by atoms with Gasteiger partial charge >= 0.3 is 6.09 Å². The molecule has 5 rings (SSSR count). The van der Waals surface area contributed by atoms with E-state index in [0.29, 0.717) is 6.54 Å². The Morgan fingerprint density at radius 3 is 2.03 bits per heavy atom. The molecule has 1 aliphatic carbocycles. The lowest BCUT2D eigenvalue weighted by Gasteiger charge is -2.25. The van der Waals surface area contributed by atoms with Crippen LogP contribution in [-0.4, -0.2) is 23.4 Å². The number of hydrogen-bond donors (Lipinski definition) is 0. The average Bonchev–Trinajstić information content (AvgIpc) is 3.17. The molecule has 1 heterocycles. The molecule has 0 spiro atoms. The lowest BCUT2D eigenvalue weighted by atomic mass is 9.97. The molecule has 0 atom stereocenters. The molecule has 3 aromatic rings. The molecule has 1 aliphatic heterocycles. The van der Waals surface area contributed by atoms with E-state index in [1.165, 1.54) is 23.3 Å². The summed E-state index contributed by atoms with van der Waals surface area (Å²) >= 11 is 0. The van der Waals surface area contributed by atoms with Gasteiger partial charge in [-0.1, -0.05) is 60.2 Å². The number of para-hydroxylation sites is 2. The van der Waals surface area contributed by atoms with Gasteiger partial charge in [-0.15, -0.1) is 0 Å². The minimum atomic E-state index is -0.589. The molecule has 5 heteroatoms. The van der Waals surface area contributed by atoms with Crippen molar-refractivity contribution >= 4 is 35.1 Å². The zero-order valence-corrected chi connectivity index (χ0v) is 19.6. The molecule has 0 N–H and O–H groups in total. The summed E-state index contributed by atoms with van der Waals surface area (Å²) in [4.78, 5) is 28.5. The third kappa shape index (κ3) is 5.19. The molecule has 0 saturated carbocycles.